The second-order valence-corrected chi connectivity index (χ2v) is 4.58. The molecular formula is C15H17NO3. The van der Waals surface area contributed by atoms with Crippen LogP contribution in [0.2, 0.25) is 0 Å². The molecule has 100 valence electrons. The molecule has 0 saturated heterocycles. The first-order chi connectivity index (χ1) is 9.04. The summed E-state index contributed by atoms with van der Waals surface area (Å²) in [5.41, 5.74) is 0.914. The minimum absolute atomic E-state index is 0.0393. The van der Waals surface area contributed by atoms with Gasteiger partial charge in [0.1, 0.15) is 11.5 Å². The van der Waals surface area contributed by atoms with E-state index in [-0.39, 0.29) is 11.9 Å². The van der Waals surface area contributed by atoms with E-state index in [1.165, 1.54) is 0 Å². The monoisotopic (exact) mass is 259 g/mol. The summed E-state index contributed by atoms with van der Waals surface area (Å²) in [4.78, 5) is 4.16. The summed E-state index contributed by atoms with van der Waals surface area (Å²) in [5, 5.41) is 9.55. The maximum absolute atomic E-state index is 9.55. The minimum Gasteiger partial charge on any atom is -0.508 e. The van der Waals surface area contributed by atoms with Crippen LogP contribution in [0.25, 0.3) is 0 Å². The Kier molecular flexibility index (Phi) is 3.90. The highest BCUT2D eigenvalue weighted by Crippen LogP contribution is 2.31. The summed E-state index contributed by atoms with van der Waals surface area (Å²) in [6.07, 6.45) is 1.68. The van der Waals surface area contributed by atoms with E-state index in [2.05, 4.69) is 4.98 Å². The number of phenolic OH excluding ortho intramolecular Hbond substituents is 1. The van der Waals surface area contributed by atoms with Gasteiger partial charge in [0.2, 0.25) is 0 Å². The van der Waals surface area contributed by atoms with Crippen molar-refractivity contribution in [3.05, 3.63) is 42.1 Å². The van der Waals surface area contributed by atoms with Gasteiger partial charge in [0.05, 0.1) is 6.10 Å². The van der Waals surface area contributed by atoms with E-state index in [0.717, 1.165) is 5.56 Å². The van der Waals surface area contributed by atoms with Crippen LogP contribution >= 0.6 is 0 Å². The molecule has 1 aromatic heterocycles. The molecule has 0 amide bonds. The van der Waals surface area contributed by atoms with Gasteiger partial charge in [-0.15, -0.1) is 0 Å². The molecule has 0 aliphatic rings. The van der Waals surface area contributed by atoms with Gasteiger partial charge < -0.3 is 14.6 Å². The lowest BCUT2D eigenvalue weighted by Gasteiger charge is -2.13. The molecule has 0 saturated carbocycles. The van der Waals surface area contributed by atoms with Gasteiger partial charge in [0.15, 0.2) is 5.75 Å². The molecule has 0 aliphatic carbocycles. The number of benzene rings is 1. The quantitative estimate of drug-likeness (QED) is 0.910. The van der Waals surface area contributed by atoms with Gasteiger partial charge in [0.25, 0.3) is 5.88 Å². The molecule has 1 aromatic carbocycles. The topological polar surface area (TPSA) is 51.6 Å². The molecule has 1 N–H and O–H groups in total. The van der Waals surface area contributed by atoms with Crippen LogP contribution in [0.15, 0.2) is 36.5 Å². The third kappa shape index (κ3) is 3.61. The lowest BCUT2D eigenvalue weighted by molar-refractivity contribution is 0.231. The van der Waals surface area contributed by atoms with Crippen molar-refractivity contribution in [3.63, 3.8) is 0 Å². The first-order valence-corrected chi connectivity index (χ1v) is 6.15. The lowest BCUT2D eigenvalue weighted by atomic mass is 10.2. The highest BCUT2D eigenvalue weighted by Gasteiger charge is 2.09. The summed E-state index contributed by atoms with van der Waals surface area (Å²) in [6, 6.07) is 8.63. The maximum Gasteiger partial charge on any atom is 0.262 e. The zero-order chi connectivity index (χ0) is 13.8. The van der Waals surface area contributed by atoms with Crippen molar-refractivity contribution >= 4 is 0 Å². The SMILES string of the molecule is Cc1cc(O)cc(Oc2ncccc2OC(C)C)c1. The van der Waals surface area contributed by atoms with Gasteiger partial charge >= 0.3 is 0 Å². The summed E-state index contributed by atoms with van der Waals surface area (Å²) in [5.74, 6) is 1.67. The fraction of sp³-hybridized carbons (Fsp3) is 0.267. The Morgan fingerprint density at radius 3 is 2.68 bits per heavy atom. The number of hydrogen-bond donors (Lipinski definition) is 1. The molecule has 0 unspecified atom stereocenters. The molecule has 0 atom stereocenters. The van der Waals surface area contributed by atoms with Crippen molar-refractivity contribution in [2.75, 3.05) is 0 Å². The van der Waals surface area contributed by atoms with E-state index in [4.69, 9.17) is 9.47 Å². The molecule has 0 aliphatic heterocycles. The Morgan fingerprint density at radius 1 is 1.21 bits per heavy atom. The molecule has 2 rings (SSSR count). The van der Waals surface area contributed by atoms with Crippen molar-refractivity contribution in [3.8, 4) is 23.1 Å². The van der Waals surface area contributed by atoms with Gasteiger partial charge in [-0.05, 0) is 50.6 Å². The third-order valence-corrected chi connectivity index (χ3v) is 2.35. The molecule has 4 nitrogen and oxygen atoms in total. The van der Waals surface area contributed by atoms with Gasteiger partial charge in [0, 0.05) is 12.3 Å². The van der Waals surface area contributed by atoms with Crippen molar-refractivity contribution in [1.29, 1.82) is 0 Å². The smallest absolute Gasteiger partial charge is 0.262 e. The van der Waals surface area contributed by atoms with Crippen molar-refractivity contribution in [2.24, 2.45) is 0 Å². The molecule has 0 bridgehead atoms. The highest BCUT2D eigenvalue weighted by atomic mass is 16.5. The van der Waals surface area contributed by atoms with Crippen molar-refractivity contribution < 1.29 is 14.6 Å². The van der Waals surface area contributed by atoms with E-state index in [1.807, 2.05) is 26.8 Å². The van der Waals surface area contributed by atoms with Crippen molar-refractivity contribution in [2.45, 2.75) is 26.9 Å². The van der Waals surface area contributed by atoms with Crippen LogP contribution in [0.3, 0.4) is 0 Å². The zero-order valence-corrected chi connectivity index (χ0v) is 11.3. The van der Waals surface area contributed by atoms with Gasteiger partial charge in [-0.1, -0.05) is 0 Å². The molecule has 1 heterocycles. The number of rotatable bonds is 4. The molecule has 0 fully saturated rings. The number of phenols is 1. The standard InChI is InChI=1S/C15H17NO3/c1-10(2)18-14-5-4-6-16-15(14)19-13-8-11(3)7-12(17)9-13/h4-10,17H,1-3H3. The summed E-state index contributed by atoms with van der Waals surface area (Å²) < 4.78 is 11.3. The number of aromatic nitrogens is 1. The zero-order valence-electron chi connectivity index (χ0n) is 11.3. The number of hydrogen-bond acceptors (Lipinski definition) is 4. The van der Waals surface area contributed by atoms with Gasteiger partial charge in [-0.2, -0.15) is 0 Å². The summed E-state index contributed by atoms with van der Waals surface area (Å²) >= 11 is 0. The molecule has 19 heavy (non-hydrogen) atoms. The van der Waals surface area contributed by atoms with Crippen molar-refractivity contribution in [1.82, 2.24) is 4.98 Å². The Hall–Kier alpha value is -2.23. The van der Waals surface area contributed by atoms with Crippen LogP contribution in [-0.2, 0) is 0 Å². The average Bonchev–Trinajstić information content (AvgIpc) is 2.29. The van der Waals surface area contributed by atoms with Gasteiger partial charge in [-0.3, -0.25) is 0 Å². The number of aryl methyl sites for hydroxylation is 1. The lowest BCUT2D eigenvalue weighted by Crippen LogP contribution is -2.07. The molecule has 0 spiro atoms. The first kappa shape index (κ1) is 13.2. The minimum atomic E-state index is 0.0393. The fourth-order valence-electron chi connectivity index (χ4n) is 1.70. The summed E-state index contributed by atoms with van der Waals surface area (Å²) in [6.45, 7) is 5.76. The second-order valence-electron chi connectivity index (χ2n) is 4.58. The molecular weight excluding hydrogens is 242 g/mol. The van der Waals surface area contributed by atoms with E-state index >= 15 is 0 Å². The molecule has 0 radical (unpaired) electrons. The predicted molar refractivity (Wildman–Crippen MR) is 72.9 cm³/mol. The number of aromatic hydroxyl groups is 1. The number of pyridine rings is 1. The Balaban J connectivity index is 2.27. The number of ether oxygens (including phenoxy) is 2. The van der Waals surface area contributed by atoms with E-state index in [0.29, 0.717) is 17.4 Å². The Bertz CT molecular complexity index is 547. The Morgan fingerprint density at radius 2 is 2.00 bits per heavy atom. The molecule has 4 heteroatoms. The van der Waals surface area contributed by atoms with Gasteiger partial charge in [-0.25, -0.2) is 4.98 Å². The third-order valence-electron chi connectivity index (χ3n) is 2.35. The van der Waals surface area contributed by atoms with Crippen LogP contribution < -0.4 is 9.47 Å². The molecule has 2 aromatic rings. The maximum atomic E-state index is 9.55. The largest absolute Gasteiger partial charge is 0.508 e. The fourth-order valence-corrected chi connectivity index (χ4v) is 1.70. The van der Waals surface area contributed by atoms with Crippen LogP contribution in [-0.4, -0.2) is 16.2 Å². The first-order valence-electron chi connectivity index (χ1n) is 6.15. The predicted octanol–water partition coefficient (Wildman–Crippen LogP) is 3.68. The van der Waals surface area contributed by atoms with E-state index in [9.17, 15) is 5.11 Å². The highest BCUT2D eigenvalue weighted by molar-refractivity contribution is 5.41. The number of nitrogens with zero attached hydrogens (tertiary/aromatic N) is 1. The van der Waals surface area contributed by atoms with Crippen LogP contribution in [0.1, 0.15) is 19.4 Å². The second kappa shape index (κ2) is 5.61. The van der Waals surface area contributed by atoms with Crippen LogP contribution in [0.4, 0.5) is 0 Å². The van der Waals surface area contributed by atoms with Crippen LogP contribution in [0, 0.1) is 6.92 Å². The van der Waals surface area contributed by atoms with E-state index < -0.39 is 0 Å². The summed E-state index contributed by atoms with van der Waals surface area (Å²) in [7, 11) is 0. The average molecular weight is 259 g/mol. The Labute approximate surface area is 112 Å². The van der Waals surface area contributed by atoms with Crippen LogP contribution in [0.5, 0.6) is 23.1 Å². The van der Waals surface area contributed by atoms with E-state index in [1.54, 1.807) is 30.5 Å². The normalized spacial score (nSPS) is 10.5.